The number of H-pyrrole nitrogens is 1. The molecule has 0 amide bonds. The van der Waals surface area contributed by atoms with E-state index in [1.165, 1.54) is 16.8 Å². The molecule has 6 heteroatoms. The van der Waals surface area contributed by atoms with Crippen LogP contribution in [0.2, 0.25) is 0 Å². The summed E-state index contributed by atoms with van der Waals surface area (Å²) in [6.45, 7) is 3.43. The molecule has 128 valence electrons. The van der Waals surface area contributed by atoms with Gasteiger partial charge in [-0.2, -0.15) is 0 Å². The first-order valence-corrected chi connectivity index (χ1v) is 8.40. The van der Waals surface area contributed by atoms with E-state index in [0.29, 0.717) is 17.8 Å². The van der Waals surface area contributed by atoms with Crippen molar-refractivity contribution in [3.63, 3.8) is 0 Å². The Morgan fingerprint density at radius 1 is 1.42 bits per heavy atom. The van der Waals surface area contributed by atoms with Gasteiger partial charge in [0.15, 0.2) is 0 Å². The highest BCUT2D eigenvalue weighted by molar-refractivity contribution is 5.80. The van der Waals surface area contributed by atoms with E-state index in [0.717, 1.165) is 38.0 Å². The van der Waals surface area contributed by atoms with Gasteiger partial charge < -0.3 is 4.74 Å². The average molecular weight is 331 g/mol. The third-order valence-electron chi connectivity index (χ3n) is 4.14. The number of aromatic nitrogens is 2. The second-order valence-corrected chi connectivity index (χ2v) is 6.00. The minimum atomic E-state index is -0.328. The molecule has 1 fully saturated rings. The first-order valence-electron chi connectivity index (χ1n) is 8.40. The van der Waals surface area contributed by atoms with Crippen LogP contribution in [0, 0.1) is 5.82 Å². The van der Waals surface area contributed by atoms with Gasteiger partial charge in [0.25, 0.3) is 5.56 Å². The molecular weight excluding hydrogens is 309 g/mol. The van der Waals surface area contributed by atoms with Gasteiger partial charge in [-0.3, -0.25) is 14.9 Å². The quantitative estimate of drug-likeness (QED) is 0.828. The molecule has 1 aromatic carbocycles. The molecule has 3 rings (SSSR count). The van der Waals surface area contributed by atoms with E-state index in [1.807, 2.05) is 0 Å². The zero-order valence-electron chi connectivity index (χ0n) is 13.8. The Morgan fingerprint density at radius 2 is 2.21 bits per heavy atom. The predicted molar refractivity (Wildman–Crippen MR) is 91.8 cm³/mol. The number of ether oxygens (including phenoxy) is 1. The molecule has 0 saturated carbocycles. The maximum Gasteiger partial charge on any atom is 0.280 e. The summed E-state index contributed by atoms with van der Waals surface area (Å²) < 4.78 is 20.1. The van der Waals surface area contributed by atoms with Crippen molar-refractivity contribution in [1.29, 1.82) is 0 Å². The van der Waals surface area contributed by atoms with E-state index in [2.05, 4.69) is 17.0 Å². The maximum atomic E-state index is 13.1. The summed E-state index contributed by atoms with van der Waals surface area (Å²) in [6, 6.07) is 5.84. The standard InChI is InChI=1S/C18H22FN3O2/c1-2-4-17-16(12-20-11-15-5-3-10-24-15)18(23)22(21-17)14-8-6-13(19)7-9-14/h6-9,12,15,21H,2-5,10-11H2,1H3. The van der Waals surface area contributed by atoms with Crippen LogP contribution in [0.1, 0.15) is 37.4 Å². The van der Waals surface area contributed by atoms with Gasteiger partial charge in [0.1, 0.15) is 5.82 Å². The van der Waals surface area contributed by atoms with Crippen LogP contribution in [-0.4, -0.2) is 35.3 Å². The Hall–Kier alpha value is -2.21. The Labute approximate surface area is 140 Å². The average Bonchev–Trinajstić information content (AvgIpc) is 3.19. The first-order chi connectivity index (χ1) is 11.7. The summed E-state index contributed by atoms with van der Waals surface area (Å²) in [4.78, 5) is 17.1. The molecule has 1 atom stereocenters. The van der Waals surface area contributed by atoms with E-state index < -0.39 is 0 Å². The van der Waals surface area contributed by atoms with Gasteiger partial charge in [-0.15, -0.1) is 0 Å². The normalized spacial score (nSPS) is 17.8. The van der Waals surface area contributed by atoms with Crippen LogP contribution in [-0.2, 0) is 11.2 Å². The third kappa shape index (κ3) is 3.64. The highest BCUT2D eigenvalue weighted by Gasteiger charge is 2.16. The lowest BCUT2D eigenvalue weighted by atomic mass is 10.2. The summed E-state index contributed by atoms with van der Waals surface area (Å²) >= 11 is 0. The Morgan fingerprint density at radius 3 is 2.88 bits per heavy atom. The van der Waals surface area contributed by atoms with Crippen molar-refractivity contribution < 1.29 is 9.13 Å². The lowest BCUT2D eigenvalue weighted by molar-refractivity contribution is 0.118. The SMILES string of the molecule is CCCc1[nH]n(-c2ccc(F)cc2)c(=O)c1C=NCC1CCCO1. The van der Waals surface area contributed by atoms with E-state index in [4.69, 9.17) is 4.74 Å². The van der Waals surface area contributed by atoms with Crippen LogP contribution in [0.3, 0.4) is 0 Å². The molecule has 1 aliphatic heterocycles. The smallest absolute Gasteiger partial charge is 0.280 e. The Bertz CT molecular complexity index is 756. The molecular formula is C18H22FN3O2. The molecule has 2 heterocycles. The van der Waals surface area contributed by atoms with Crippen LogP contribution < -0.4 is 5.56 Å². The number of benzene rings is 1. The lowest BCUT2D eigenvalue weighted by Crippen LogP contribution is -2.17. The van der Waals surface area contributed by atoms with E-state index in [9.17, 15) is 9.18 Å². The van der Waals surface area contributed by atoms with Gasteiger partial charge >= 0.3 is 0 Å². The van der Waals surface area contributed by atoms with Crippen molar-refractivity contribution in [2.75, 3.05) is 13.2 Å². The van der Waals surface area contributed by atoms with Gasteiger partial charge in [0, 0.05) is 18.5 Å². The number of halogens is 1. The minimum Gasteiger partial charge on any atom is -0.376 e. The largest absolute Gasteiger partial charge is 0.376 e. The second-order valence-electron chi connectivity index (χ2n) is 6.00. The topological polar surface area (TPSA) is 59.4 Å². The van der Waals surface area contributed by atoms with Crippen LogP contribution in [0.5, 0.6) is 0 Å². The lowest BCUT2D eigenvalue weighted by Gasteiger charge is -2.03. The van der Waals surface area contributed by atoms with Crippen molar-refractivity contribution >= 4 is 6.21 Å². The number of aromatic amines is 1. The van der Waals surface area contributed by atoms with Gasteiger partial charge in [-0.25, -0.2) is 9.07 Å². The van der Waals surface area contributed by atoms with Gasteiger partial charge in [-0.1, -0.05) is 13.3 Å². The summed E-state index contributed by atoms with van der Waals surface area (Å²) in [7, 11) is 0. The molecule has 1 aliphatic rings. The fourth-order valence-corrected chi connectivity index (χ4v) is 2.89. The zero-order valence-corrected chi connectivity index (χ0v) is 13.8. The van der Waals surface area contributed by atoms with Gasteiger partial charge in [0.2, 0.25) is 0 Å². The molecule has 1 aromatic heterocycles. The predicted octanol–water partition coefficient (Wildman–Crippen LogP) is 2.86. The molecule has 1 unspecified atom stereocenters. The first kappa shape index (κ1) is 16.6. The number of rotatable bonds is 6. The molecule has 0 aliphatic carbocycles. The van der Waals surface area contributed by atoms with Crippen LogP contribution in [0.15, 0.2) is 34.1 Å². The van der Waals surface area contributed by atoms with Crippen LogP contribution in [0.25, 0.3) is 5.69 Å². The number of aliphatic imine (C=N–C) groups is 1. The molecule has 2 aromatic rings. The van der Waals surface area contributed by atoms with E-state index in [-0.39, 0.29) is 17.5 Å². The number of hydrogen-bond donors (Lipinski definition) is 1. The van der Waals surface area contributed by atoms with Crippen LogP contribution >= 0.6 is 0 Å². The highest BCUT2D eigenvalue weighted by Crippen LogP contribution is 2.13. The monoisotopic (exact) mass is 331 g/mol. The fraction of sp³-hybridized carbons (Fsp3) is 0.444. The Kier molecular flexibility index (Phi) is 5.25. The Balaban J connectivity index is 1.87. The van der Waals surface area contributed by atoms with Crippen molar-refractivity contribution in [3.8, 4) is 5.69 Å². The third-order valence-corrected chi connectivity index (χ3v) is 4.14. The minimum absolute atomic E-state index is 0.161. The van der Waals surface area contributed by atoms with Crippen LogP contribution in [0.4, 0.5) is 4.39 Å². The zero-order chi connectivity index (χ0) is 16.9. The molecule has 1 saturated heterocycles. The summed E-state index contributed by atoms with van der Waals surface area (Å²) in [5.74, 6) is -0.328. The van der Waals surface area contributed by atoms with Crippen molar-refractivity contribution in [2.24, 2.45) is 4.99 Å². The maximum absolute atomic E-state index is 13.1. The number of hydrogen-bond acceptors (Lipinski definition) is 3. The summed E-state index contributed by atoms with van der Waals surface area (Å²) in [5, 5.41) is 3.12. The van der Waals surface area contributed by atoms with Crippen molar-refractivity contribution in [2.45, 2.75) is 38.7 Å². The molecule has 5 nitrogen and oxygen atoms in total. The molecule has 0 bridgehead atoms. The number of nitrogens with one attached hydrogen (secondary N) is 1. The summed E-state index contributed by atoms with van der Waals surface area (Å²) in [6.07, 6.45) is 5.57. The van der Waals surface area contributed by atoms with E-state index >= 15 is 0 Å². The summed E-state index contributed by atoms with van der Waals surface area (Å²) in [5.41, 5.74) is 1.86. The number of aryl methyl sites for hydroxylation is 1. The molecule has 0 spiro atoms. The van der Waals surface area contributed by atoms with Crippen molar-refractivity contribution in [1.82, 2.24) is 9.78 Å². The number of nitrogens with zero attached hydrogens (tertiary/aromatic N) is 2. The van der Waals surface area contributed by atoms with Gasteiger partial charge in [0.05, 0.1) is 23.9 Å². The molecule has 24 heavy (non-hydrogen) atoms. The van der Waals surface area contributed by atoms with Gasteiger partial charge in [-0.05, 0) is 43.5 Å². The van der Waals surface area contributed by atoms with Crippen molar-refractivity contribution in [3.05, 3.63) is 51.7 Å². The fourth-order valence-electron chi connectivity index (χ4n) is 2.89. The van der Waals surface area contributed by atoms with E-state index in [1.54, 1.807) is 18.3 Å². The highest BCUT2D eigenvalue weighted by atomic mass is 19.1. The molecule has 1 N–H and O–H groups in total. The molecule has 0 radical (unpaired) electrons. The second kappa shape index (κ2) is 7.57.